The van der Waals surface area contributed by atoms with E-state index in [1.165, 1.54) is 11.0 Å². The molecule has 9 heteroatoms. The number of nitrogens with zero attached hydrogens (tertiary/aromatic N) is 5. The van der Waals surface area contributed by atoms with Gasteiger partial charge < -0.3 is 10.2 Å². The lowest BCUT2D eigenvalue weighted by Crippen LogP contribution is -2.28. The van der Waals surface area contributed by atoms with Crippen molar-refractivity contribution in [2.45, 2.75) is 6.42 Å². The summed E-state index contributed by atoms with van der Waals surface area (Å²) in [5, 5.41) is 14.2. The van der Waals surface area contributed by atoms with Crippen molar-refractivity contribution in [2.75, 3.05) is 16.8 Å². The van der Waals surface area contributed by atoms with Gasteiger partial charge in [-0.3, -0.25) is 9.59 Å². The van der Waals surface area contributed by atoms with E-state index in [0.717, 1.165) is 5.69 Å². The highest BCUT2D eigenvalue weighted by Gasteiger charge is 2.35. The molecule has 0 bridgehead atoms. The Kier molecular flexibility index (Phi) is 4.55. The first-order valence-corrected chi connectivity index (χ1v) is 8.69. The largest absolute Gasteiger partial charge is 0.324 e. The molecule has 1 fully saturated rings. The summed E-state index contributed by atoms with van der Waals surface area (Å²) in [6, 6.07) is 14.4. The molecule has 2 aromatic carbocycles. The molecule has 0 aliphatic carbocycles. The smallest absolute Gasteiger partial charge is 0.229 e. The molecule has 1 unspecified atom stereocenters. The number of amides is 2. The summed E-state index contributed by atoms with van der Waals surface area (Å²) in [4.78, 5) is 26.6. The summed E-state index contributed by atoms with van der Waals surface area (Å²) < 4.78 is 1.46. The molecule has 1 atom stereocenters. The highest BCUT2D eigenvalue weighted by molar-refractivity contribution is 6.33. The Morgan fingerprint density at radius 3 is 2.70 bits per heavy atom. The maximum absolute atomic E-state index is 12.7. The normalized spacial score (nSPS) is 16.6. The molecule has 1 aliphatic rings. The highest BCUT2D eigenvalue weighted by atomic mass is 35.5. The zero-order valence-corrected chi connectivity index (χ0v) is 14.9. The lowest BCUT2D eigenvalue weighted by atomic mass is 10.1. The Labute approximate surface area is 159 Å². The van der Waals surface area contributed by atoms with Crippen LogP contribution in [0.3, 0.4) is 0 Å². The van der Waals surface area contributed by atoms with Gasteiger partial charge in [-0.15, -0.1) is 5.10 Å². The highest BCUT2D eigenvalue weighted by Crippen LogP contribution is 2.28. The van der Waals surface area contributed by atoms with Crippen LogP contribution in [0.1, 0.15) is 6.42 Å². The van der Waals surface area contributed by atoms with E-state index in [2.05, 4.69) is 20.8 Å². The average Bonchev–Trinajstić information content (AvgIpc) is 3.34. The molecule has 1 N–H and O–H groups in total. The van der Waals surface area contributed by atoms with Crippen LogP contribution < -0.4 is 10.2 Å². The van der Waals surface area contributed by atoms with Gasteiger partial charge in [-0.05, 0) is 40.8 Å². The van der Waals surface area contributed by atoms with Crippen LogP contribution in [0.5, 0.6) is 0 Å². The van der Waals surface area contributed by atoms with Crippen LogP contribution in [0.25, 0.3) is 5.69 Å². The molecule has 0 spiro atoms. The van der Waals surface area contributed by atoms with Crippen molar-refractivity contribution in [2.24, 2.45) is 5.92 Å². The van der Waals surface area contributed by atoms with Gasteiger partial charge >= 0.3 is 0 Å². The molecule has 1 aliphatic heterocycles. The number of para-hydroxylation sites is 1. The second kappa shape index (κ2) is 7.16. The van der Waals surface area contributed by atoms with Crippen molar-refractivity contribution in [1.29, 1.82) is 0 Å². The van der Waals surface area contributed by atoms with Gasteiger partial charge in [0.2, 0.25) is 11.8 Å². The first kappa shape index (κ1) is 17.2. The first-order valence-electron chi connectivity index (χ1n) is 8.31. The molecular weight excluding hydrogens is 368 g/mol. The molecule has 27 heavy (non-hydrogen) atoms. The van der Waals surface area contributed by atoms with Crippen molar-refractivity contribution in [3.63, 3.8) is 0 Å². The lowest BCUT2D eigenvalue weighted by molar-refractivity contribution is -0.122. The molecule has 3 aromatic rings. The predicted octanol–water partition coefficient (Wildman–Crippen LogP) is 2.31. The summed E-state index contributed by atoms with van der Waals surface area (Å²) in [7, 11) is 0. The number of carbonyl (C=O) groups excluding carboxylic acids is 2. The molecule has 0 saturated carbocycles. The fourth-order valence-corrected chi connectivity index (χ4v) is 3.17. The number of tetrazole rings is 1. The van der Waals surface area contributed by atoms with Crippen LogP contribution in [-0.4, -0.2) is 38.6 Å². The number of rotatable bonds is 4. The molecule has 4 rings (SSSR count). The maximum Gasteiger partial charge on any atom is 0.229 e. The van der Waals surface area contributed by atoms with Crippen LogP contribution in [0.15, 0.2) is 54.9 Å². The number of carbonyl (C=O) groups is 2. The molecular formula is C18H15ClN6O2. The molecule has 136 valence electrons. The molecule has 0 radical (unpaired) electrons. The second-order valence-electron chi connectivity index (χ2n) is 6.15. The van der Waals surface area contributed by atoms with E-state index in [4.69, 9.17) is 11.6 Å². The Bertz CT molecular complexity index is 977. The minimum absolute atomic E-state index is 0.0742. The summed E-state index contributed by atoms with van der Waals surface area (Å²) in [6.45, 7) is 0.332. The third kappa shape index (κ3) is 3.52. The Balaban J connectivity index is 1.50. The SMILES string of the molecule is O=C(Nc1cc(-n2cnnn2)ccc1Cl)C1CC(=O)N(c2ccccc2)C1. The van der Waals surface area contributed by atoms with Gasteiger partial charge in [-0.2, -0.15) is 0 Å². The van der Waals surface area contributed by atoms with E-state index in [1.54, 1.807) is 23.1 Å². The van der Waals surface area contributed by atoms with E-state index in [0.29, 0.717) is 22.9 Å². The van der Waals surface area contributed by atoms with Crippen LogP contribution in [0.4, 0.5) is 11.4 Å². The number of aromatic nitrogens is 4. The topological polar surface area (TPSA) is 93.0 Å². The van der Waals surface area contributed by atoms with Crippen LogP contribution in [0.2, 0.25) is 5.02 Å². The third-order valence-corrected chi connectivity index (χ3v) is 4.71. The van der Waals surface area contributed by atoms with Crippen LogP contribution >= 0.6 is 11.6 Å². The van der Waals surface area contributed by atoms with E-state index in [-0.39, 0.29) is 18.2 Å². The van der Waals surface area contributed by atoms with Crippen molar-refractivity contribution < 1.29 is 9.59 Å². The molecule has 8 nitrogen and oxygen atoms in total. The van der Waals surface area contributed by atoms with Gasteiger partial charge in [0, 0.05) is 18.7 Å². The van der Waals surface area contributed by atoms with Crippen molar-refractivity contribution in [3.05, 3.63) is 59.9 Å². The van der Waals surface area contributed by atoms with Gasteiger partial charge in [0.15, 0.2) is 0 Å². The van der Waals surface area contributed by atoms with Gasteiger partial charge in [0.25, 0.3) is 0 Å². The third-order valence-electron chi connectivity index (χ3n) is 4.39. The Morgan fingerprint density at radius 1 is 1.15 bits per heavy atom. The van der Waals surface area contributed by atoms with Gasteiger partial charge in [0.05, 0.1) is 22.3 Å². The molecule has 1 saturated heterocycles. The number of hydrogen-bond donors (Lipinski definition) is 1. The Morgan fingerprint density at radius 2 is 1.96 bits per heavy atom. The average molecular weight is 383 g/mol. The standard InChI is InChI=1S/C18H15ClN6O2/c19-15-7-6-14(25-11-20-22-23-25)9-16(15)21-18(27)12-8-17(26)24(10-12)13-4-2-1-3-5-13/h1-7,9,11-12H,8,10H2,(H,21,27). The van der Waals surface area contributed by atoms with Crippen molar-refractivity contribution >= 4 is 34.8 Å². The maximum atomic E-state index is 12.7. The number of halogens is 1. The van der Waals surface area contributed by atoms with Gasteiger partial charge in [-0.25, -0.2) is 4.68 Å². The summed E-state index contributed by atoms with van der Waals surface area (Å²) >= 11 is 6.21. The zero-order chi connectivity index (χ0) is 18.8. The predicted molar refractivity (Wildman–Crippen MR) is 99.7 cm³/mol. The van der Waals surface area contributed by atoms with Crippen LogP contribution in [0, 0.1) is 5.92 Å². The minimum atomic E-state index is -0.453. The lowest BCUT2D eigenvalue weighted by Gasteiger charge is -2.17. The van der Waals surface area contributed by atoms with E-state index < -0.39 is 5.92 Å². The first-order chi connectivity index (χ1) is 13.1. The molecule has 1 aromatic heterocycles. The quantitative estimate of drug-likeness (QED) is 0.747. The van der Waals surface area contributed by atoms with Crippen molar-refractivity contribution in [1.82, 2.24) is 20.2 Å². The fraction of sp³-hybridized carbons (Fsp3) is 0.167. The number of anilines is 2. The number of nitrogens with one attached hydrogen (secondary N) is 1. The van der Waals surface area contributed by atoms with E-state index in [9.17, 15) is 9.59 Å². The monoisotopic (exact) mass is 382 g/mol. The Hall–Kier alpha value is -3.26. The molecule has 2 amide bonds. The second-order valence-corrected chi connectivity index (χ2v) is 6.56. The molecule has 2 heterocycles. The van der Waals surface area contributed by atoms with Crippen LogP contribution in [-0.2, 0) is 9.59 Å². The number of hydrogen-bond acceptors (Lipinski definition) is 5. The number of benzene rings is 2. The van der Waals surface area contributed by atoms with E-state index >= 15 is 0 Å². The van der Waals surface area contributed by atoms with Crippen molar-refractivity contribution in [3.8, 4) is 5.69 Å². The van der Waals surface area contributed by atoms with Gasteiger partial charge in [0.1, 0.15) is 6.33 Å². The zero-order valence-electron chi connectivity index (χ0n) is 14.1. The fourth-order valence-electron chi connectivity index (χ4n) is 3.01. The van der Waals surface area contributed by atoms with Gasteiger partial charge in [-0.1, -0.05) is 29.8 Å². The summed E-state index contributed by atoms with van der Waals surface area (Å²) in [6.07, 6.45) is 1.60. The summed E-state index contributed by atoms with van der Waals surface area (Å²) in [5.41, 5.74) is 1.89. The summed E-state index contributed by atoms with van der Waals surface area (Å²) in [5.74, 6) is -0.780. The minimum Gasteiger partial charge on any atom is -0.324 e. The van der Waals surface area contributed by atoms with E-state index in [1.807, 2.05) is 30.3 Å².